The Hall–Kier alpha value is -1.18. The molecular weight excluding hydrogens is 298 g/mol. The first-order chi connectivity index (χ1) is 7.99. The normalized spacial score (nSPS) is 16.9. The van der Waals surface area contributed by atoms with E-state index < -0.39 is 0 Å². The maximum atomic E-state index is 12.3. The van der Waals surface area contributed by atoms with Crippen molar-refractivity contribution >= 4 is 38.6 Å². The maximum absolute atomic E-state index is 12.3. The molecule has 0 amide bonds. The average molecular weight is 308 g/mol. The molecule has 0 unspecified atom stereocenters. The number of Topliss-reactive ketones (excluding diaryl/α,β-unsaturated/α-hetero) is 1. The predicted octanol–water partition coefficient (Wildman–Crippen LogP) is 4.34. The van der Waals surface area contributed by atoms with Gasteiger partial charge < -0.3 is 0 Å². The van der Waals surface area contributed by atoms with Gasteiger partial charge in [0.1, 0.15) is 0 Å². The van der Waals surface area contributed by atoms with E-state index in [1.807, 2.05) is 19.2 Å². The predicted molar refractivity (Wildman–Crippen MR) is 72.9 cm³/mol. The quantitative estimate of drug-likeness (QED) is 0.528. The van der Waals surface area contributed by atoms with Crippen molar-refractivity contribution in [3.63, 3.8) is 0 Å². The summed E-state index contributed by atoms with van der Waals surface area (Å²) in [6, 6.07) is 2.15. The fraction of sp³-hybridized carbons (Fsp3) is 0.231. The molecule has 2 nitrogen and oxygen atoms in total. The summed E-state index contributed by atoms with van der Waals surface area (Å²) in [6.45, 7) is 5.57. The van der Waals surface area contributed by atoms with Gasteiger partial charge in [0.25, 0.3) is 0 Å². The van der Waals surface area contributed by atoms with Gasteiger partial charge in [0.15, 0.2) is 5.78 Å². The molecule has 1 heterocycles. The number of ketones is 1. The highest BCUT2D eigenvalue weighted by Gasteiger charge is 2.35. The summed E-state index contributed by atoms with van der Waals surface area (Å²) in [5.41, 5.74) is 3.75. The molecule has 0 saturated carbocycles. The molecule has 1 aliphatic rings. The Morgan fingerprint density at radius 3 is 2.53 bits per heavy atom. The number of nitriles is 1. The van der Waals surface area contributed by atoms with E-state index >= 15 is 0 Å². The molecule has 0 bridgehead atoms. The van der Waals surface area contributed by atoms with Crippen LogP contribution < -0.4 is 0 Å². The molecule has 1 aromatic rings. The number of hydrogen-bond acceptors (Lipinski definition) is 3. The van der Waals surface area contributed by atoms with Gasteiger partial charge in [-0.25, -0.2) is 0 Å². The van der Waals surface area contributed by atoms with Crippen LogP contribution in [0.4, 0.5) is 0 Å². The lowest BCUT2D eigenvalue weighted by molar-refractivity contribution is 0.104. The van der Waals surface area contributed by atoms with Gasteiger partial charge in [0.05, 0.1) is 11.6 Å². The third-order valence-electron chi connectivity index (χ3n) is 2.72. The number of allylic oxidation sites excluding steroid dienone is 4. The number of rotatable bonds is 0. The zero-order valence-electron chi connectivity index (χ0n) is 9.72. The molecule has 0 radical (unpaired) electrons. The van der Waals surface area contributed by atoms with Crippen molar-refractivity contribution in [1.82, 2.24) is 0 Å². The Labute approximate surface area is 112 Å². The third-order valence-corrected chi connectivity index (χ3v) is 4.65. The topological polar surface area (TPSA) is 40.9 Å². The molecule has 0 N–H and O–H groups in total. The summed E-state index contributed by atoms with van der Waals surface area (Å²) < 4.78 is 0.821. The first-order valence-electron chi connectivity index (χ1n) is 5.10. The van der Waals surface area contributed by atoms with Gasteiger partial charge in [0, 0.05) is 31.4 Å². The largest absolute Gasteiger partial charge is 0.288 e. The highest BCUT2D eigenvalue weighted by molar-refractivity contribution is 9.10. The molecule has 17 heavy (non-hydrogen) atoms. The summed E-state index contributed by atoms with van der Waals surface area (Å²) in [7, 11) is 0. The zero-order valence-corrected chi connectivity index (χ0v) is 12.1. The maximum Gasteiger partial charge on any atom is 0.196 e. The van der Waals surface area contributed by atoms with Crippen LogP contribution in [0.5, 0.6) is 0 Å². The van der Waals surface area contributed by atoms with E-state index in [0.717, 1.165) is 20.5 Å². The second kappa shape index (κ2) is 4.25. The van der Waals surface area contributed by atoms with E-state index in [2.05, 4.69) is 22.0 Å². The van der Waals surface area contributed by atoms with Crippen LogP contribution in [0.2, 0.25) is 0 Å². The standard InChI is InChI=1S/C13H10BrNOS/c1-6(2)9-10(7(3)4-15)13-11(12(9)16)8(14)5-17-13/h5H,1-3H3/b10-7-. The minimum atomic E-state index is 0.0257. The molecule has 0 fully saturated rings. The number of hydrogen-bond donors (Lipinski definition) is 0. The van der Waals surface area contributed by atoms with Crippen LogP contribution in [0, 0.1) is 11.3 Å². The number of carbonyl (C=O) groups excluding carboxylic acids is 1. The second-order valence-corrected chi connectivity index (χ2v) is 5.84. The van der Waals surface area contributed by atoms with Gasteiger partial charge in [-0.3, -0.25) is 4.79 Å². The van der Waals surface area contributed by atoms with Crippen LogP contribution in [-0.4, -0.2) is 5.78 Å². The average Bonchev–Trinajstić information content (AvgIpc) is 2.78. The Bertz CT molecular complexity index is 624. The van der Waals surface area contributed by atoms with Gasteiger partial charge in [-0.05, 0) is 36.7 Å². The van der Waals surface area contributed by atoms with Gasteiger partial charge in [-0.1, -0.05) is 5.57 Å². The Morgan fingerprint density at radius 1 is 1.35 bits per heavy atom. The molecule has 0 spiro atoms. The van der Waals surface area contributed by atoms with E-state index in [1.165, 1.54) is 11.3 Å². The fourth-order valence-electron chi connectivity index (χ4n) is 1.98. The van der Waals surface area contributed by atoms with E-state index in [1.54, 1.807) is 6.92 Å². The van der Waals surface area contributed by atoms with Crippen LogP contribution in [0.1, 0.15) is 36.0 Å². The first-order valence-corrected chi connectivity index (χ1v) is 6.77. The Kier molecular flexibility index (Phi) is 3.07. The fourth-order valence-corrected chi connectivity index (χ4v) is 3.80. The number of thiophene rings is 1. The number of carbonyl (C=O) groups is 1. The summed E-state index contributed by atoms with van der Waals surface area (Å²) in [4.78, 5) is 13.2. The Balaban J connectivity index is 2.87. The summed E-state index contributed by atoms with van der Waals surface area (Å²) in [5.74, 6) is 0.0257. The molecule has 2 rings (SSSR count). The van der Waals surface area contributed by atoms with Crippen LogP contribution in [0.15, 0.2) is 26.6 Å². The molecule has 0 aromatic carbocycles. The molecule has 4 heteroatoms. The molecular formula is C13H10BrNOS. The lowest BCUT2D eigenvalue weighted by Gasteiger charge is -2.04. The monoisotopic (exact) mass is 307 g/mol. The van der Waals surface area contributed by atoms with Crippen molar-refractivity contribution < 1.29 is 4.79 Å². The number of halogens is 1. The minimum Gasteiger partial charge on any atom is -0.288 e. The highest BCUT2D eigenvalue weighted by Crippen LogP contribution is 2.46. The molecule has 0 aliphatic heterocycles. The lowest BCUT2D eigenvalue weighted by atomic mass is 10.00. The van der Waals surface area contributed by atoms with Gasteiger partial charge in [-0.15, -0.1) is 11.3 Å². The molecule has 0 atom stereocenters. The smallest absolute Gasteiger partial charge is 0.196 e. The van der Waals surface area contributed by atoms with Crippen LogP contribution in [-0.2, 0) is 0 Å². The number of fused-ring (bicyclic) bond motifs is 1. The van der Waals surface area contributed by atoms with Crippen molar-refractivity contribution in [1.29, 1.82) is 5.26 Å². The van der Waals surface area contributed by atoms with E-state index in [-0.39, 0.29) is 5.78 Å². The van der Waals surface area contributed by atoms with Crippen LogP contribution in [0.3, 0.4) is 0 Å². The highest BCUT2D eigenvalue weighted by atomic mass is 79.9. The van der Waals surface area contributed by atoms with Gasteiger partial charge >= 0.3 is 0 Å². The van der Waals surface area contributed by atoms with E-state index in [9.17, 15) is 4.79 Å². The van der Waals surface area contributed by atoms with Crippen molar-refractivity contribution in [3.05, 3.63) is 37.0 Å². The molecule has 1 aliphatic carbocycles. The third kappa shape index (κ3) is 1.70. The SMILES string of the molecule is CC(C)=C1C(=O)c2c(Br)csc2/C1=C(/C)C#N. The minimum absolute atomic E-state index is 0.0257. The van der Waals surface area contributed by atoms with E-state index in [0.29, 0.717) is 16.7 Å². The molecule has 86 valence electrons. The van der Waals surface area contributed by atoms with Crippen molar-refractivity contribution in [2.45, 2.75) is 20.8 Å². The number of nitrogens with zero attached hydrogens (tertiary/aromatic N) is 1. The van der Waals surface area contributed by atoms with Gasteiger partial charge in [0.2, 0.25) is 0 Å². The van der Waals surface area contributed by atoms with Crippen LogP contribution in [0.25, 0.3) is 5.57 Å². The van der Waals surface area contributed by atoms with Crippen molar-refractivity contribution in [3.8, 4) is 6.07 Å². The van der Waals surface area contributed by atoms with Gasteiger partial charge in [-0.2, -0.15) is 5.26 Å². The summed E-state index contributed by atoms with van der Waals surface area (Å²) in [5, 5.41) is 11.0. The first kappa shape index (κ1) is 12.3. The molecule has 1 aromatic heterocycles. The lowest BCUT2D eigenvalue weighted by Crippen LogP contribution is -1.98. The Morgan fingerprint density at radius 2 is 2.00 bits per heavy atom. The molecule has 0 saturated heterocycles. The second-order valence-electron chi connectivity index (χ2n) is 4.10. The van der Waals surface area contributed by atoms with Crippen molar-refractivity contribution in [2.24, 2.45) is 0 Å². The summed E-state index contributed by atoms with van der Waals surface area (Å²) in [6.07, 6.45) is 0. The summed E-state index contributed by atoms with van der Waals surface area (Å²) >= 11 is 4.90. The zero-order chi connectivity index (χ0) is 12.7. The van der Waals surface area contributed by atoms with Crippen LogP contribution >= 0.6 is 27.3 Å². The van der Waals surface area contributed by atoms with Crippen molar-refractivity contribution in [2.75, 3.05) is 0 Å². The van der Waals surface area contributed by atoms with E-state index in [4.69, 9.17) is 5.26 Å².